The number of Topliss-reactive ketones (excluding diaryl/α,β-unsaturated/α-hetero) is 1. The van der Waals surface area contributed by atoms with Crippen molar-refractivity contribution in [3.05, 3.63) is 35.4 Å². The summed E-state index contributed by atoms with van der Waals surface area (Å²) >= 11 is 1.15. The molecule has 0 heterocycles. The van der Waals surface area contributed by atoms with E-state index in [0.717, 1.165) is 17.3 Å². The van der Waals surface area contributed by atoms with Gasteiger partial charge in [-0.3, -0.25) is 19.2 Å². The number of esters is 1. The van der Waals surface area contributed by atoms with Gasteiger partial charge in [0.1, 0.15) is 11.0 Å². The van der Waals surface area contributed by atoms with Gasteiger partial charge >= 0.3 is 5.97 Å². The molecule has 1 aromatic carbocycles. The summed E-state index contributed by atoms with van der Waals surface area (Å²) in [6.45, 7) is 13.5. The van der Waals surface area contributed by atoms with Crippen molar-refractivity contribution in [2.45, 2.75) is 72.8 Å². The Hall–Kier alpha value is -2.09. The normalized spacial score (nSPS) is 12.8. The van der Waals surface area contributed by atoms with Crippen LogP contribution in [0.3, 0.4) is 0 Å². The van der Waals surface area contributed by atoms with Crippen LogP contribution >= 0.6 is 11.8 Å². The van der Waals surface area contributed by atoms with E-state index in [1.807, 2.05) is 38.1 Å². The Kier molecular flexibility index (Phi) is 9.40. The maximum atomic E-state index is 13.3. The Morgan fingerprint density at radius 2 is 1.44 bits per heavy atom. The second-order valence-corrected chi connectivity index (χ2v) is 11.6. The van der Waals surface area contributed by atoms with Crippen LogP contribution in [0.1, 0.15) is 72.9 Å². The van der Waals surface area contributed by atoms with Gasteiger partial charge in [-0.25, -0.2) is 0 Å². The largest absolute Gasteiger partial charge is 0.454 e. The molecule has 1 rings (SSSR count). The van der Waals surface area contributed by atoms with Gasteiger partial charge in [0.15, 0.2) is 10.9 Å². The lowest BCUT2D eigenvalue weighted by atomic mass is 9.76. The molecule has 0 aliphatic rings. The number of rotatable bonds is 10. The van der Waals surface area contributed by atoms with Gasteiger partial charge in [-0.05, 0) is 65.4 Å². The average molecular weight is 487 g/mol. The summed E-state index contributed by atoms with van der Waals surface area (Å²) in [4.78, 5) is 53.0. The third-order valence-electron chi connectivity index (χ3n) is 6.30. The van der Waals surface area contributed by atoms with Gasteiger partial charge in [0, 0.05) is 13.5 Å². The summed E-state index contributed by atoms with van der Waals surface area (Å²) in [6, 6.07) is 7.36. The van der Waals surface area contributed by atoms with Gasteiger partial charge in [-0.2, -0.15) is 0 Å². The van der Waals surface area contributed by atoms with E-state index in [1.54, 1.807) is 41.0 Å². The summed E-state index contributed by atoms with van der Waals surface area (Å²) in [7, 11) is 7.12. The summed E-state index contributed by atoms with van der Waals surface area (Å²) in [5.41, 5.74) is -2.95. The second kappa shape index (κ2) is 10.7. The minimum Gasteiger partial charge on any atom is -0.454 e. The van der Waals surface area contributed by atoms with Gasteiger partial charge in [0.25, 0.3) is 0 Å². The molecule has 0 spiro atoms. The highest BCUT2D eigenvalue weighted by Gasteiger charge is 2.45. The lowest BCUT2D eigenvalue weighted by molar-refractivity contribution is -0.171. The van der Waals surface area contributed by atoms with Crippen LogP contribution in [0, 0.1) is 10.8 Å². The van der Waals surface area contributed by atoms with Crippen molar-refractivity contribution in [2.75, 3.05) is 19.7 Å². The molecule has 0 fully saturated rings. The Balaban J connectivity index is 3.23. The van der Waals surface area contributed by atoms with E-state index < -0.39 is 33.6 Å². The van der Waals surface area contributed by atoms with E-state index in [1.165, 1.54) is 18.7 Å². The Morgan fingerprint density at radius 1 is 0.941 bits per heavy atom. The van der Waals surface area contributed by atoms with Crippen LogP contribution in [0.2, 0.25) is 0 Å². The fraction of sp³-hybridized carbons (Fsp3) is 0.615. The first-order chi connectivity index (χ1) is 15.4. The van der Waals surface area contributed by atoms with Crippen molar-refractivity contribution >= 4 is 42.4 Å². The first-order valence-corrected chi connectivity index (χ1v) is 12.5. The minimum absolute atomic E-state index is 0.00747. The molecule has 1 amide bonds. The number of carbonyl (C=O) groups is 4. The van der Waals surface area contributed by atoms with Crippen LogP contribution < -0.4 is 0 Å². The highest BCUT2D eigenvalue weighted by Crippen LogP contribution is 2.39. The molecule has 0 aromatic heterocycles. The van der Waals surface area contributed by atoms with Crippen LogP contribution in [0.4, 0.5) is 0 Å². The lowest BCUT2D eigenvalue weighted by Crippen LogP contribution is -2.45. The van der Waals surface area contributed by atoms with Crippen molar-refractivity contribution in [1.29, 1.82) is 0 Å². The van der Waals surface area contributed by atoms with E-state index in [2.05, 4.69) is 0 Å². The molecule has 0 unspecified atom stereocenters. The fourth-order valence-electron chi connectivity index (χ4n) is 3.74. The predicted octanol–water partition coefficient (Wildman–Crippen LogP) is 4.23. The first kappa shape index (κ1) is 29.9. The number of ether oxygens (including phenoxy) is 1. The van der Waals surface area contributed by atoms with Crippen molar-refractivity contribution in [2.24, 2.45) is 10.8 Å². The van der Waals surface area contributed by atoms with E-state index in [-0.39, 0.29) is 23.9 Å². The lowest BCUT2D eigenvalue weighted by Gasteiger charge is -2.36. The molecule has 6 nitrogen and oxygen atoms in total. The number of hydrogen-bond acceptors (Lipinski definition) is 6. The van der Waals surface area contributed by atoms with Crippen molar-refractivity contribution in [3.63, 3.8) is 0 Å². The predicted molar refractivity (Wildman–Crippen MR) is 138 cm³/mol. The fourth-order valence-corrected chi connectivity index (χ4v) is 4.36. The van der Waals surface area contributed by atoms with E-state index in [4.69, 9.17) is 12.6 Å². The van der Waals surface area contributed by atoms with Gasteiger partial charge in [-0.15, -0.1) is 0 Å². The van der Waals surface area contributed by atoms with E-state index in [9.17, 15) is 19.2 Å². The highest BCUT2D eigenvalue weighted by atomic mass is 32.2. The van der Waals surface area contributed by atoms with Gasteiger partial charge in [-0.1, -0.05) is 49.9 Å². The molecule has 0 aliphatic heterocycles. The Bertz CT molecular complexity index is 952. The number of hydrogen-bond donors (Lipinski definition) is 0. The Labute approximate surface area is 210 Å². The molecule has 0 saturated heterocycles. The molecular weight excluding hydrogens is 449 g/mol. The molecule has 34 heavy (non-hydrogen) atoms. The summed E-state index contributed by atoms with van der Waals surface area (Å²) in [5, 5.41) is -0.00747. The van der Waals surface area contributed by atoms with Gasteiger partial charge in [0.2, 0.25) is 5.91 Å². The average Bonchev–Trinajstić information content (AvgIpc) is 2.76. The number of ketones is 1. The Morgan fingerprint density at radius 3 is 1.91 bits per heavy atom. The molecule has 186 valence electrons. The van der Waals surface area contributed by atoms with E-state index in [0.29, 0.717) is 5.56 Å². The molecule has 8 heteroatoms. The first-order valence-electron chi connectivity index (χ1n) is 11.3. The molecule has 2 radical (unpaired) electrons. The number of amides is 1. The van der Waals surface area contributed by atoms with Crippen LogP contribution in [-0.4, -0.2) is 55.3 Å². The number of benzene rings is 1. The third-order valence-corrected chi connectivity index (χ3v) is 7.18. The van der Waals surface area contributed by atoms with Crippen LogP contribution in [0.5, 0.6) is 0 Å². The SMILES string of the molecule is [B]CN(C)C(=O)C(C)(C)CC(=O)C(C)(C)C(=O)OC(C)(C)c1ccccc1C(C)(C)C(=O)SC. The van der Waals surface area contributed by atoms with Crippen LogP contribution in [-0.2, 0) is 34.9 Å². The van der Waals surface area contributed by atoms with Crippen LogP contribution in [0.15, 0.2) is 24.3 Å². The van der Waals surface area contributed by atoms with Gasteiger partial charge < -0.3 is 9.64 Å². The molecule has 0 bridgehead atoms. The number of carbonyl (C=O) groups excluding carboxylic acids is 4. The molecular formula is C26H38BNO5S. The monoisotopic (exact) mass is 487 g/mol. The molecule has 1 aromatic rings. The second-order valence-electron chi connectivity index (χ2n) is 10.9. The summed E-state index contributed by atoms with van der Waals surface area (Å²) in [5.74, 6) is -1.37. The number of nitrogens with zero attached hydrogens (tertiary/aromatic N) is 1. The third kappa shape index (κ3) is 6.32. The van der Waals surface area contributed by atoms with Crippen molar-refractivity contribution < 1.29 is 23.9 Å². The van der Waals surface area contributed by atoms with E-state index >= 15 is 0 Å². The molecule has 0 saturated carbocycles. The highest BCUT2D eigenvalue weighted by molar-refractivity contribution is 8.13. The maximum absolute atomic E-state index is 13.3. The smallest absolute Gasteiger partial charge is 0.319 e. The maximum Gasteiger partial charge on any atom is 0.319 e. The van der Waals surface area contributed by atoms with Crippen LogP contribution in [0.25, 0.3) is 0 Å². The molecule has 0 atom stereocenters. The zero-order valence-electron chi connectivity index (χ0n) is 22.2. The quantitative estimate of drug-likeness (QED) is 0.279. The zero-order valence-corrected chi connectivity index (χ0v) is 23.0. The van der Waals surface area contributed by atoms with Crippen molar-refractivity contribution in [1.82, 2.24) is 4.90 Å². The molecule has 0 N–H and O–H groups in total. The topological polar surface area (TPSA) is 80.8 Å². The summed E-state index contributed by atoms with van der Waals surface area (Å²) < 4.78 is 5.91. The summed E-state index contributed by atoms with van der Waals surface area (Å²) in [6.07, 6.45) is 1.64. The molecule has 0 aliphatic carbocycles. The van der Waals surface area contributed by atoms with Gasteiger partial charge in [0.05, 0.1) is 18.7 Å². The zero-order chi connectivity index (χ0) is 26.7. The standard InChI is InChI=1S/C26H38BNO5S/c1-23(2,20(30)28(9)16-27)15-19(29)25(5,6)21(31)33-26(7,8)18-14-12-11-13-17(18)24(3,4)22(32)34-10/h11-14H,15-16H2,1-10H3. The van der Waals surface area contributed by atoms with Crippen molar-refractivity contribution in [3.8, 4) is 0 Å². The minimum atomic E-state index is -1.48. The number of thioether (sulfide) groups is 1.